The lowest BCUT2D eigenvalue weighted by Gasteiger charge is -2.22. The van der Waals surface area contributed by atoms with Gasteiger partial charge >= 0.3 is 0 Å². The third kappa shape index (κ3) is 4.51. The minimum absolute atomic E-state index is 0.0924. The Morgan fingerprint density at radius 2 is 1.65 bits per heavy atom. The number of hydrogen-bond acceptors (Lipinski definition) is 4. The molecule has 0 amide bonds. The van der Waals surface area contributed by atoms with E-state index in [1.807, 2.05) is 0 Å². The number of aliphatic carboxylic acids is 1. The first-order valence-corrected chi connectivity index (χ1v) is 8.31. The van der Waals surface area contributed by atoms with Crippen LogP contribution in [-0.4, -0.2) is 25.2 Å². The summed E-state index contributed by atoms with van der Waals surface area (Å²) in [7, 11) is -4.06. The van der Waals surface area contributed by atoms with Crippen molar-refractivity contribution < 1.29 is 22.7 Å². The number of benzene rings is 2. The number of carboxylic acid groups (broad SMARTS) is 1. The number of sulfonamides is 1. The van der Waals surface area contributed by atoms with Gasteiger partial charge < -0.3 is 9.90 Å². The standard InChI is InChI=1S/C15H13ClFNO4S/c16-12-3-7-14(8-4-12)23(21,22)18(10-15(19)20)9-11-1-5-13(17)6-2-11/h1-8H,9-10H2,(H,19,20)/p-1. The smallest absolute Gasteiger partial charge is 0.243 e. The monoisotopic (exact) mass is 356 g/mol. The summed E-state index contributed by atoms with van der Waals surface area (Å²) in [5.74, 6) is -2.01. The van der Waals surface area contributed by atoms with E-state index in [0.717, 1.165) is 4.31 Å². The van der Waals surface area contributed by atoms with Crippen molar-refractivity contribution in [2.75, 3.05) is 6.54 Å². The molecule has 0 heterocycles. The van der Waals surface area contributed by atoms with Crippen LogP contribution in [0, 0.1) is 5.82 Å². The van der Waals surface area contributed by atoms with E-state index >= 15 is 0 Å². The summed E-state index contributed by atoms with van der Waals surface area (Å²) < 4.78 is 38.8. The van der Waals surface area contributed by atoms with Crippen LogP contribution in [0.4, 0.5) is 4.39 Å². The zero-order valence-corrected chi connectivity index (χ0v) is 13.3. The number of hydrogen-bond donors (Lipinski definition) is 0. The molecule has 0 bridgehead atoms. The molecule has 0 N–H and O–H groups in total. The lowest BCUT2D eigenvalue weighted by Crippen LogP contribution is -2.41. The van der Waals surface area contributed by atoms with E-state index in [9.17, 15) is 22.7 Å². The quantitative estimate of drug-likeness (QED) is 0.784. The molecule has 0 saturated heterocycles. The summed E-state index contributed by atoms with van der Waals surface area (Å²) in [5.41, 5.74) is 0.449. The van der Waals surface area contributed by atoms with E-state index in [1.54, 1.807) is 0 Å². The summed E-state index contributed by atoms with van der Waals surface area (Å²) in [6, 6.07) is 10.5. The average Bonchev–Trinajstić information content (AvgIpc) is 2.49. The molecule has 0 aromatic heterocycles. The second-order valence-corrected chi connectivity index (χ2v) is 7.10. The Balaban J connectivity index is 2.34. The number of halogens is 2. The van der Waals surface area contributed by atoms with Gasteiger partial charge in [-0.3, -0.25) is 0 Å². The van der Waals surface area contributed by atoms with Crippen molar-refractivity contribution in [2.45, 2.75) is 11.4 Å². The summed E-state index contributed by atoms with van der Waals surface area (Å²) in [5, 5.41) is 11.2. The first-order valence-electron chi connectivity index (χ1n) is 6.49. The third-order valence-electron chi connectivity index (χ3n) is 3.03. The molecule has 122 valence electrons. The molecule has 2 aromatic rings. The summed E-state index contributed by atoms with van der Waals surface area (Å²) in [6.07, 6.45) is 0. The second kappa shape index (κ2) is 7.08. The zero-order chi connectivity index (χ0) is 17.0. The summed E-state index contributed by atoms with van der Waals surface area (Å²) in [6.45, 7) is -1.04. The number of carboxylic acids is 1. The maximum atomic E-state index is 12.9. The van der Waals surface area contributed by atoms with Crippen LogP contribution in [0.2, 0.25) is 5.02 Å². The van der Waals surface area contributed by atoms with Gasteiger partial charge in [0.2, 0.25) is 10.0 Å². The van der Waals surface area contributed by atoms with Gasteiger partial charge in [-0.2, -0.15) is 4.31 Å². The van der Waals surface area contributed by atoms with Gasteiger partial charge in [0.1, 0.15) is 5.82 Å². The highest BCUT2D eigenvalue weighted by Gasteiger charge is 2.24. The van der Waals surface area contributed by atoms with Crippen molar-refractivity contribution in [1.29, 1.82) is 0 Å². The minimum atomic E-state index is -4.06. The third-order valence-corrected chi connectivity index (χ3v) is 5.09. The second-order valence-electron chi connectivity index (χ2n) is 4.73. The normalized spacial score (nSPS) is 11.6. The van der Waals surface area contributed by atoms with Crippen LogP contribution in [0.3, 0.4) is 0 Å². The van der Waals surface area contributed by atoms with Crippen LogP contribution in [0.5, 0.6) is 0 Å². The van der Waals surface area contributed by atoms with Gasteiger partial charge in [0.05, 0.1) is 17.4 Å². The largest absolute Gasteiger partial charge is 0.549 e. The fourth-order valence-electron chi connectivity index (χ4n) is 1.92. The lowest BCUT2D eigenvalue weighted by molar-refractivity contribution is -0.305. The maximum Gasteiger partial charge on any atom is 0.243 e. The van der Waals surface area contributed by atoms with Gasteiger partial charge in [0.15, 0.2) is 0 Å². The average molecular weight is 357 g/mol. The topological polar surface area (TPSA) is 77.5 Å². The Bertz CT molecular complexity index is 791. The molecule has 0 saturated carbocycles. The molecule has 2 aromatic carbocycles. The first-order chi connectivity index (χ1) is 10.8. The molecular weight excluding hydrogens is 345 g/mol. The van der Waals surface area contributed by atoms with E-state index in [-0.39, 0.29) is 11.4 Å². The van der Waals surface area contributed by atoms with Gasteiger partial charge in [0.25, 0.3) is 0 Å². The van der Waals surface area contributed by atoms with Crippen LogP contribution in [0.15, 0.2) is 53.4 Å². The van der Waals surface area contributed by atoms with Crippen LogP contribution < -0.4 is 5.11 Å². The molecule has 0 aliphatic heterocycles. The minimum Gasteiger partial charge on any atom is -0.549 e. The highest BCUT2D eigenvalue weighted by atomic mass is 35.5. The molecule has 0 unspecified atom stereocenters. The van der Waals surface area contributed by atoms with Crippen LogP contribution >= 0.6 is 11.6 Å². The molecule has 8 heteroatoms. The molecule has 0 aliphatic carbocycles. The molecule has 0 aliphatic rings. The molecule has 0 atom stereocenters. The number of nitrogens with zero attached hydrogens (tertiary/aromatic N) is 1. The van der Waals surface area contributed by atoms with E-state index in [4.69, 9.17) is 11.6 Å². The van der Waals surface area contributed by atoms with Crippen LogP contribution in [-0.2, 0) is 21.4 Å². The molecule has 0 radical (unpaired) electrons. The van der Waals surface area contributed by atoms with E-state index in [2.05, 4.69) is 0 Å². The van der Waals surface area contributed by atoms with Crippen molar-refractivity contribution >= 4 is 27.6 Å². The van der Waals surface area contributed by atoms with Crippen molar-refractivity contribution in [3.05, 3.63) is 64.9 Å². The predicted octanol–water partition coefficient (Wildman–Crippen LogP) is 1.42. The Kier molecular flexibility index (Phi) is 5.35. The molecule has 0 fully saturated rings. The Hall–Kier alpha value is -1.96. The highest BCUT2D eigenvalue weighted by molar-refractivity contribution is 7.89. The fourth-order valence-corrected chi connectivity index (χ4v) is 3.42. The van der Waals surface area contributed by atoms with Gasteiger partial charge in [-0.1, -0.05) is 23.7 Å². The Morgan fingerprint density at radius 3 is 2.17 bits per heavy atom. The molecule has 23 heavy (non-hydrogen) atoms. The van der Waals surface area contributed by atoms with Crippen molar-refractivity contribution in [2.24, 2.45) is 0 Å². The molecule has 5 nitrogen and oxygen atoms in total. The maximum absolute atomic E-state index is 12.9. The van der Waals surface area contributed by atoms with E-state index in [1.165, 1.54) is 48.5 Å². The summed E-state index contributed by atoms with van der Waals surface area (Å²) >= 11 is 5.72. The van der Waals surface area contributed by atoms with E-state index in [0.29, 0.717) is 10.6 Å². The predicted molar refractivity (Wildman–Crippen MR) is 80.5 cm³/mol. The molecule has 0 spiro atoms. The van der Waals surface area contributed by atoms with Gasteiger partial charge in [0, 0.05) is 11.6 Å². The Labute approximate surface area is 138 Å². The molecule has 2 rings (SSSR count). The molecular formula is C15H12ClFNO4S-. The van der Waals surface area contributed by atoms with E-state index < -0.39 is 28.4 Å². The SMILES string of the molecule is O=C([O-])CN(Cc1ccc(F)cc1)S(=O)(=O)c1ccc(Cl)cc1. The fraction of sp³-hybridized carbons (Fsp3) is 0.133. The summed E-state index contributed by atoms with van der Waals surface area (Å²) in [4.78, 5) is 10.8. The number of carbonyl (C=O) groups excluding carboxylic acids is 1. The highest BCUT2D eigenvalue weighted by Crippen LogP contribution is 2.20. The zero-order valence-electron chi connectivity index (χ0n) is 11.8. The van der Waals surface area contributed by atoms with Gasteiger partial charge in [-0.15, -0.1) is 0 Å². The first kappa shape index (κ1) is 17.4. The van der Waals surface area contributed by atoms with Crippen LogP contribution in [0.25, 0.3) is 0 Å². The van der Waals surface area contributed by atoms with Crippen molar-refractivity contribution in [3.8, 4) is 0 Å². The van der Waals surface area contributed by atoms with Crippen molar-refractivity contribution in [3.63, 3.8) is 0 Å². The lowest BCUT2D eigenvalue weighted by atomic mass is 10.2. The van der Waals surface area contributed by atoms with Crippen LogP contribution in [0.1, 0.15) is 5.56 Å². The number of carbonyl (C=O) groups is 1. The van der Waals surface area contributed by atoms with Gasteiger partial charge in [-0.05, 0) is 42.0 Å². The number of rotatable bonds is 6. The Morgan fingerprint density at radius 1 is 1.09 bits per heavy atom. The van der Waals surface area contributed by atoms with Crippen molar-refractivity contribution in [1.82, 2.24) is 4.31 Å². The van der Waals surface area contributed by atoms with Gasteiger partial charge in [-0.25, -0.2) is 12.8 Å².